The second kappa shape index (κ2) is 7.90. The molecular formula is C23H22N4O4S. The fourth-order valence-electron chi connectivity index (χ4n) is 4.23. The van der Waals surface area contributed by atoms with Crippen molar-refractivity contribution in [1.82, 2.24) is 19.9 Å². The number of nitrogens with one attached hydrogen (secondary N) is 1. The van der Waals surface area contributed by atoms with Gasteiger partial charge in [-0.3, -0.25) is 4.79 Å². The molecule has 1 N–H and O–H groups in total. The van der Waals surface area contributed by atoms with Crippen molar-refractivity contribution in [3.63, 3.8) is 0 Å². The Morgan fingerprint density at radius 2 is 2.00 bits per heavy atom. The van der Waals surface area contributed by atoms with Crippen molar-refractivity contribution in [2.75, 3.05) is 11.5 Å². The minimum atomic E-state index is -3.08. The zero-order chi connectivity index (χ0) is 22.3. The molecule has 0 aliphatic carbocycles. The molecule has 1 amide bonds. The van der Waals surface area contributed by atoms with Gasteiger partial charge in [0.05, 0.1) is 41.6 Å². The van der Waals surface area contributed by atoms with Gasteiger partial charge in [0.2, 0.25) is 0 Å². The number of nitrogens with zero attached hydrogens (tertiary/aromatic N) is 3. The number of hydrogen-bond acceptors (Lipinski definition) is 6. The van der Waals surface area contributed by atoms with Crippen molar-refractivity contribution in [3.8, 4) is 11.3 Å². The molecule has 9 heteroatoms. The van der Waals surface area contributed by atoms with Crippen LogP contribution in [0, 0.1) is 6.92 Å². The van der Waals surface area contributed by atoms with Gasteiger partial charge in [-0.05, 0) is 31.5 Å². The number of furan rings is 1. The molecule has 8 nitrogen and oxygen atoms in total. The van der Waals surface area contributed by atoms with Crippen molar-refractivity contribution >= 4 is 26.8 Å². The third-order valence-electron chi connectivity index (χ3n) is 5.72. The average Bonchev–Trinajstić information content (AvgIpc) is 3.50. The zero-order valence-electron chi connectivity index (χ0n) is 17.5. The molecule has 1 atom stereocenters. The van der Waals surface area contributed by atoms with Gasteiger partial charge in [-0.1, -0.05) is 30.3 Å². The predicted molar refractivity (Wildman–Crippen MR) is 120 cm³/mol. The van der Waals surface area contributed by atoms with E-state index < -0.39 is 9.84 Å². The van der Waals surface area contributed by atoms with Crippen LogP contribution >= 0.6 is 0 Å². The summed E-state index contributed by atoms with van der Waals surface area (Å²) < 4.78 is 31.5. The van der Waals surface area contributed by atoms with E-state index in [9.17, 15) is 13.2 Å². The van der Waals surface area contributed by atoms with E-state index in [0.29, 0.717) is 34.7 Å². The van der Waals surface area contributed by atoms with Crippen LogP contribution in [-0.2, 0) is 16.4 Å². The summed E-state index contributed by atoms with van der Waals surface area (Å²) in [5, 5.41) is 2.84. The van der Waals surface area contributed by atoms with Gasteiger partial charge in [-0.25, -0.2) is 18.4 Å². The van der Waals surface area contributed by atoms with Crippen LogP contribution in [0.5, 0.6) is 0 Å². The van der Waals surface area contributed by atoms with Crippen LogP contribution < -0.4 is 5.32 Å². The maximum Gasteiger partial charge on any atom is 0.272 e. The molecule has 164 valence electrons. The third-order valence-corrected chi connectivity index (χ3v) is 7.47. The summed E-state index contributed by atoms with van der Waals surface area (Å²) >= 11 is 0. The first kappa shape index (κ1) is 20.4. The molecule has 1 aromatic carbocycles. The normalized spacial score (nSPS) is 17.6. The molecule has 3 aromatic heterocycles. The van der Waals surface area contributed by atoms with Gasteiger partial charge >= 0.3 is 0 Å². The number of fused-ring (bicyclic) bond motifs is 1. The lowest BCUT2D eigenvalue weighted by Crippen LogP contribution is -2.24. The molecule has 1 aliphatic rings. The second-order valence-corrected chi connectivity index (χ2v) is 10.2. The largest absolute Gasteiger partial charge is 0.467 e. The number of carbonyl (C=O) groups is 1. The Morgan fingerprint density at radius 1 is 1.19 bits per heavy atom. The molecule has 0 saturated carbocycles. The molecule has 1 fully saturated rings. The molecule has 5 rings (SSSR count). The van der Waals surface area contributed by atoms with Gasteiger partial charge in [0.25, 0.3) is 5.91 Å². The Hall–Kier alpha value is -3.46. The number of amides is 1. The fourth-order valence-corrected chi connectivity index (χ4v) is 5.93. The van der Waals surface area contributed by atoms with Crippen LogP contribution in [0.15, 0.2) is 59.2 Å². The maximum absolute atomic E-state index is 13.1. The Labute approximate surface area is 185 Å². The minimum absolute atomic E-state index is 0.0717. The Kier molecular flexibility index (Phi) is 5.05. The van der Waals surface area contributed by atoms with E-state index in [1.54, 1.807) is 18.4 Å². The Balaban J connectivity index is 1.63. The molecule has 0 bridgehead atoms. The average molecular weight is 451 g/mol. The number of imidazole rings is 1. The van der Waals surface area contributed by atoms with Crippen molar-refractivity contribution in [2.24, 2.45) is 0 Å². The van der Waals surface area contributed by atoms with E-state index in [1.807, 2.05) is 47.9 Å². The number of hydrogen-bond donors (Lipinski definition) is 1. The SMILES string of the molecule is Cc1nc2c(C(=O)NCc3ccco3)nc(-c3ccccc3)cc2n1C1CCS(=O)(=O)C1. The van der Waals surface area contributed by atoms with Crippen LogP contribution in [-0.4, -0.2) is 40.4 Å². The summed E-state index contributed by atoms with van der Waals surface area (Å²) in [5.41, 5.74) is 2.86. The van der Waals surface area contributed by atoms with Gasteiger partial charge in [0.15, 0.2) is 15.5 Å². The number of rotatable bonds is 5. The number of benzene rings is 1. The van der Waals surface area contributed by atoms with E-state index in [0.717, 1.165) is 5.56 Å². The smallest absolute Gasteiger partial charge is 0.272 e. The van der Waals surface area contributed by atoms with Gasteiger partial charge in [-0.2, -0.15) is 0 Å². The summed E-state index contributed by atoms with van der Waals surface area (Å²) in [5.74, 6) is 1.15. The van der Waals surface area contributed by atoms with Gasteiger partial charge in [-0.15, -0.1) is 0 Å². The fraction of sp³-hybridized carbons (Fsp3) is 0.261. The van der Waals surface area contributed by atoms with Crippen LogP contribution in [0.4, 0.5) is 0 Å². The Morgan fingerprint density at radius 3 is 2.69 bits per heavy atom. The maximum atomic E-state index is 13.1. The summed E-state index contributed by atoms with van der Waals surface area (Å²) in [6.45, 7) is 2.06. The van der Waals surface area contributed by atoms with Crippen molar-refractivity contribution < 1.29 is 17.6 Å². The number of sulfone groups is 1. The van der Waals surface area contributed by atoms with E-state index in [1.165, 1.54) is 0 Å². The lowest BCUT2D eigenvalue weighted by atomic mass is 10.1. The lowest BCUT2D eigenvalue weighted by molar-refractivity contribution is 0.0945. The first-order valence-electron chi connectivity index (χ1n) is 10.4. The molecule has 0 radical (unpaired) electrons. The first-order valence-corrected chi connectivity index (χ1v) is 12.2. The van der Waals surface area contributed by atoms with E-state index >= 15 is 0 Å². The molecule has 4 aromatic rings. The standard InChI is InChI=1S/C23H22N4O4S/c1-15-25-21-20(27(15)17-9-11-32(29,30)14-17)12-19(16-6-3-2-4-7-16)26-22(21)23(28)24-13-18-8-5-10-31-18/h2-8,10,12,17H,9,11,13-14H2,1H3,(H,24,28). The molecule has 32 heavy (non-hydrogen) atoms. The highest BCUT2D eigenvalue weighted by molar-refractivity contribution is 7.91. The van der Waals surface area contributed by atoms with Gasteiger partial charge in [0.1, 0.15) is 17.1 Å². The quantitative estimate of drug-likeness (QED) is 0.500. The zero-order valence-corrected chi connectivity index (χ0v) is 18.3. The van der Waals surface area contributed by atoms with E-state index in [4.69, 9.17) is 4.42 Å². The molecule has 1 saturated heterocycles. The summed E-state index contributed by atoms with van der Waals surface area (Å²) in [6, 6.07) is 14.8. The number of carbonyl (C=O) groups excluding carboxylic acids is 1. The minimum Gasteiger partial charge on any atom is -0.467 e. The molecule has 0 spiro atoms. The van der Waals surface area contributed by atoms with Gasteiger partial charge < -0.3 is 14.3 Å². The summed E-state index contributed by atoms with van der Waals surface area (Å²) in [4.78, 5) is 22.4. The van der Waals surface area contributed by atoms with Crippen LogP contribution in [0.2, 0.25) is 0 Å². The highest BCUT2D eigenvalue weighted by Gasteiger charge is 2.32. The lowest BCUT2D eigenvalue weighted by Gasteiger charge is -2.14. The topological polar surface area (TPSA) is 107 Å². The van der Waals surface area contributed by atoms with Crippen LogP contribution in [0.25, 0.3) is 22.3 Å². The molecule has 1 aliphatic heterocycles. The molecular weight excluding hydrogens is 428 g/mol. The van der Waals surface area contributed by atoms with Crippen molar-refractivity contribution in [2.45, 2.75) is 25.9 Å². The molecule has 1 unspecified atom stereocenters. The Bertz CT molecular complexity index is 1390. The highest BCUT2D eigenvalue weighted by atomic mass is 32.2. The number of aromatic nitrogens is 3. The second-order valence-electron chi connectivity index (χ2n) is 7.94. The summed E-state index contributed by atoms with van der Waals surface area (Å²) in [7, 11) is -3.08. The van der Waals surface area contributed by atoms with Crippen molar-refractivity contribution in [3.05, 3.63) is 72.1 Å². The highest BCUT2D eigenvalue weighted by Crippen LogP contribution is 2.32. The number of aryl methyl sites for hydroxylation is 1. The third kappa shape index (κ3) is 3.80. The summed E-state index contributed by atoms with van der Waals surface area (Å²) in [6.07, 6.45) is 2.08. The molecule has 4 heterocycles. The van der Waals surface area contributed by atoms with Crippen LogP contribution in [0.3, 0.4) is 0 Å². The monoisotopic (exact) mass is 450 g/mol. The first-order chi connectivity index (χ1) is 15.4. The predicted octanol–water partition coefficient (Wildman–Crippen LogP) is 3.29. The van der Waals surface area contributed by atoms with Crippen LogP contribution in [0.1, 0.15) is 34.5 Å². The number of pyridine rings is 1. The van der Waals surface area contributed by atoms with Gasteiger partial charge in [0, 0.05) is 5.56 Å². The van der Waals surface area contributed by atoms with Crippen molar-refractivity contribution in [1.29, 1.82) is 0 Å². The van der Waals surface area contributed by atoms with E-state index in [-0.39, 0.29) is 35.7 Å². The van der Waals surface area contributed by atoms with E-state index in [2.05, 4.69) is 15.3 Å².